The van der Waals surface area contributed by atoms with E-state index in [1.54, 1.807) is 16.8 Å². The Bertz CT molecular complexity index is 527. The van der Waals surface area contributed by atoms with Crippen LogP contribution in [0.3, 0.4) is 0 Å². The molecule has 2 N–H and O–H groups in total. The maximum atomic E-state index is 11.6. The number of hydrogen-bond acceptors (Lipinski definition) is 3. The summed E-state index contributed by atoms with van der Waals surface area (Å²) in [6.45, 7) is 0. The lowest BCUT2D eigenvalue weighted by Gasteiger charge is -2.00. The fraction of sp³-hybridized carbons (Fsp3) is 0.143. The second-order valence-electron chi connectivity index (χ2n) is 2.72. The van der Waals surface area contributed by atoms with Crippen molar-refractivity contribution in [1.82, 2.24) is 12.3 Å². The molecule has 0 aliphatic rings. The van der Waals surface area contributed by atoms with Crippen LogP contribution in [0.25, 0.3) is 11.0 Å². The lowest BCUT2D eigenvalue weighted by Crippen LogP contribution is -2.17. The molecule has 0 unspecified atom stereocenters. The van der Waals surface area contributed by atoms with Crippen LogP contribution in [0.1, 0.15) is 0 Å². The number of aromatic nitrogens is 3. The van der Waals surface area contributed by atoms with Gasteiger partial charge in [0, 0.05) is 13.2 Å². The van der Waals surface area contributed by atoms with Crippen LogP contribution >= 0.6 is 22.9 Å². The standard InChI is InChI=1S/C7H7IN4O/c1-11-3-2-4-5(11)10-7(9)12(8)6(4)13/h2-3H,1H3,(H2,9,10). The highest BCUT2D eigenvalue weighted by Crippen LogP contribution is 2.10. The van der Waals surface area contributed by atoms with Crippen LogP contribution < -0.4 is 11.3 Å². The first-order chi connectivity index (χ1) is 6.11. The van der Waals surface area contributed by atoms with E-state index in [-0.39, 0.29) is 11.5 Å². The number of rotatable bonds is 0. The van der Waals surface area contributed by atoms with Crippen LogP contribution in [0.2, 0.25) is 0 Å². The first-order valence-corrected chi connectivity index (χ1v) is 4.57. The summed E-state index contributed by atoms with van der Waals surface area (Å²) in [4.78, 5) is 15.7. The first kappa shape index (κ1) is 8.54. The van der Waals surface area contributed by atoms with Crippen LogP contribution in [-0.2, 0) is 7.05 Å². The molecule has 0 saturated carbocycles. The van der Waals surface area contributed by atoms with Gasteiger partial charge in [0.15, 0.2) is 0 Å². The highest BCUT2D eigenvalue weighted by Gasteiger charge is 2.08. The zero-order chi connectivity index (χ0) is 9.59. The molecule has 0 radical (unpaired) electrons. The van der Waals surface area contributed by atoms with Gasteiger partial charge in [-0.05, 0) is 6.07 Å². The molecule has 0 saturated heterocycles. The molecule has 68 valence electrons. The topological polar surface area (TPSA) is 65.8 Å². The number of nitrogen functional groups attached to an aromatic ring is 1. The van der Waals surface area contributed by atoms with Gasteiger partial charge in [0.2, 0.25) is 5.95 Å². The van der Waals surface area contributed by atoms with Gasteiger partial charge >= 0.3 is 0 Å². The fourth-order valence-corrected chi connectivity index (χ4v) is 1.56. The monoisotopic (exact) mass is 290 g/mol. The van der Waals surface area contributed by atoms with Crippen molar-refractivity contribution in [2.45, 2.75) is 0 Å². The molecule has 2 rings (SSSR count). The Kier molecular flexibility index (Phi) is 1.79. The summed E-state index contributed by atoms with van der Waals surface area (Å²) < 4.78 is 3.07. The molecule has 0 aliphatic carbocycles. The molecule has 13 heavy (non-hydrogen) atoms. The molecule has 6 heteroatoms. The van der Waals surface area contributed by atoms with Gasteiger partial charge in [-0.2, -0.15) is 4.98 Å². The van der Waals surface area contributed by atoms with Crippen molar-refractivity contribution in [3.8, 4) is 0 Å². The number of fused-ring (bicyclic) bond motifs is 1. The Morgan fingerprint density at radius 2 is 2.31 bits per heavy atom. The highest BCUT2D eigenvalue weighted by molar-refractivity contribution is 14.1. The SMILES string of the molecule is Cn1ccc2c(=O)n(I)c(N)nc21. The van der Waals surface area contributed by atoms with Crippen molar-refractivity contribution in [3.05, 3.63) is 22.6 Å². The van der Waals surface area contributed by atoms with Crippen molar-refractivity contribution >= 4 is 39.8 Å². The number of aryl methyl sites for hydroxylation is 1. The summed E-state index contributed by atoms with van der Waals surface area (Å²) in [5, 5.41) is 0.589. The van der Waals surface area contributed by atoms with Crippen molar-refractivity contribution in [2.24, 2.45) is 7.05 Å². The molecule has 0 amide bonds. The average Bonchev–Trinajstić information content (AvgIpc) is 2.45. The number of halogens is 1. The molecule has 0 fully saturated rings. The van der Waals surface area contributed by atoms with Crippen molar-refractivity contribution in [1.29, 1.82) is 0 Å². The van der Waals surface area contributed by atoms with E-state index in [9.17, 15) is 4.79 Å². The molecule has 0 aliphatic heterocycles. The first-order valence-electron chi connectivity index (χ1n) is 3.61. The van der Waals surface area contributed by atoms with Crippen molar-refractivity contribution < 1.29 is 0 Å². The predicted octanol–water partition coefficient (Wildman–Crippen LogP) is 0.515. The van der Waals surface area contributed by atoms with Gasteiger partial charge in [-0.1, -0.05) is 0 Å². The van der Waals surface area contributed by atoms with Crippen LogP contribution in [0.4, 0.5) is 5.95 Å². The van der Waals surface area contributed by atoms with E-state index in [0.717, 1.165) is 0 Å². The van der Waals surface area contributed by atoms with E-state index in [1.165, 1.54) is 2.78 Å². The highest BCUT2D eigenvalue weighted by atomic mass is 127. The third-order valence-corrected chi connectivity index (χ3v) is 2.80. The zero-order valence-corrected chi connectivity index (χ0v) is 9.02. The maximum absolute atomic E-state index is 11.6. The Hall–Kier alpha value is -1.05. The molecule has 0 bridgehead atoms. The number of anilines is 1. The van der Waals surface area contributed by atoms with Crippen molar-refractivity contribution in [2.75, 3.05) is 5.73 Å². The van der Waals surface area contributed by atoms with Gasteiger partial charge < -0.3 is 10.3 Å². The van der Waals surface area contributed by atoms with Crippen LogP contribution in [-0.4, -0.2) is 12.3 Å². The number of nitrogens with zero attached hydrogens (tertiary/aromatic N) is 3. The third-order valence-electron chi connectivity index (χ3n) is 1.87. The molecule has 2 aromatic heterocycles. The zero-order valence-electron chi connectivity index (χ0n) is 6.86. The lowest BCUT2D eigenvalue weighted by atomic mass is 10.4. The Morgan fingerprint density at radius 3 is 3.00 bits per heavy atom. The van der Waals surface area contributed by atoms with Crippen LogP contribution in [0.5, 0.6) is 0 Å². The number of nitrogens with two attached hydrogens (primary N) is 1. The Balaban J connectivity index is 3.05. The summed E-state index contributed by atoms with van der Waals surface area (Å²) in [7, 11) is 1.83. The van der Waals surface area contributed by atoms with Gasteiger partial charge in [-0.25, -0.2) is 2.78 Å². The lowest BCUT2D eigenvalue weighted by molar-refractivity contribution is 0.943. The quantitative estimate of drug-likeness (QED) is 0.719. The molecule has 2 heterocycles. The predicted molar refractivity (Wildman–Crippen MR) is 58.8 cm³/mol. The van der Waals surface area contributed by atoms with E-state index < -0.39 is 0 Å². The summed E-state index contributed by atoms with van der Waals surface area (Å²) in [6, 6.07) is 1.74. The second kappa shape index (κ2) is 2.72. The molecule has 0 spiro atoms. The fourth-order valence-electron chi connectivity index (χ4n) is 1.19. The number of hydrogen-bond donors (Lipinski definition) is 1. The summed E-state index contributed by atoms with van der Waals surface area (Å²) in [5.41, 5.74) is 6.05. The summed E-state index contributed by atoms with van der Waals surface area (Å²) >= 11 is 1.83. The molecule has 0 atom stereocenters. The van der Waals surface area contributed by atoms with Crippen molar-refractivity contribution in [3.63, 3.8) is 0 Å². The molecule has 5 nitrogen and oxygen atoms in total. The minimum Gasteiger partial charge on any atom is -0.368 e. The van der Waals surface area contributed by atoms with E-state index in [2.05, 4.69) is 4.98 Å². The molecular weight excluding hydrogens is 283 g/mol. The van der Waals surface area contributed by atoms with Gasteiger partial charge in [-0.3, -0.25) is 4.79 Å². The van der Waals surface area contributed by atoms with Gasteiger partial charge in [0.25, 0.3) is 5.56 Å². The Labute approximate surface area is 87.7 Å². The van der Waals surface area contributed by atoms with Gasteiger partial charge in [-0.15, -0.1) is 0 Å². The minimum absolute atomic E-state index is 0.122. The van der Waals surface area contributed by atoms with Crippen LogP contribution in [0.15, 0.2) is 17.1 Å². The summed E-state index contributed by atoms with van der Waals surface area (Å²) in [5.74, 6) is 0.222. The average molecular weight is 290 g/mol. The second-order valence-corrected chi connectivity index (χ2v) is 3.68. The van der Waals surface area contributed by atoms with E-state index in [4.69, 9.17) is 5.73 Å². The molecule has 2 aromatic rings. The van der Waals surface area contributed by atoms with E-state index >= 15 is 0 Å². The maximum Gasteiger partial charge on any atom is 0.273 e. The summed E-state index contributed by atoms with van der Waals surface area (Å²) in [6.07, 6.45) is 1.79. The van der Waals surface area contributed by atoms with Gasteiger partial charge in [0.05, 0.1) is 28.3 Å². The normalized spacial score (nSPS) is 10.9. The Morgan fingerprint density at radius 1 is 1.62 bits per heavy atom. The third kappa shape index (κ3) is 1.12. The van der Waals surface area contributed by atoms with E-state index in [0.29, 0.717) is 11.0 Å². The van der Waals surface area contributed by atoms with Gasteiger partial charge in [0.1, 0.15) is 5.65 Å². The smallest absolute Gasteiger partial charge is 0.273 e. The minimum atomic E-state index is -0.122. The molecular formula is C7H7IN4O. The largest absolute Gasteiger partial charge is 0.368 e. The van der Waals surface area contributed by atoms with E-state index in [1.807, 2.05) is 29.9 Å². The molecule has 0 aromatic carbocycles. The van der Waals surface area contributed by atoms with Crippen LogP contribution in [0, 0.1) is 0 Å².